The number of aromatic nitrogens is 2. The smallest absolute Gasteiger partial charge is 0.303 e. The van der Waals surface area contributed by atoms with Crippen LogP contribution in [0.5, 0.6) is 0 Å². The van der Waals surface area contributed by atoms with E-state index in [0.29, 0.717) is 57.1 Å². The van der Waals surface area contributed by atoms with Gasteiger partial charge in [0.05, 0.1) is 12.5 Å². The van der Waals surface area contributed by atoms with E-state index in [1.807, 2.05) is 44.4 Å². The number of halogens is 5. The van der Waals surface area contributed by atoms with Gasteiger partial charge in [0.25, 0.3) is 0 Å². The maximum Gasteiger partial charge on any atom is 0.303 e. The molecule has 11 nitrogen and oxygen atoms in total. The van der Waals surface area contributed by atoms with Gasteiger partial charge < -0.3 is 9.47 Å². The fourth-order valence-corrected chi connectivity index (χ4v) is 7.07. The quantitative estimate of drug-likeness (QED) is 0.299. The molecule has 2 aliphatic rings. The lowest BCUT2D eigenvalue weighted by atomic mass is 9.88. The van der Waals surface area contributed by atoms with Crippen molar-refractivity contribution in [1.82, 2.24) is 23.5 Å². The Balaban J connectivity index is 0.00000300. The molecule has 2 amide bonds. The molecular formula is C34H48Cl3F2N7O4S. The van der Waals surface area contributed by atoms with Crippen LogP contribution in [0, 0.1) is 30.4 Å². The molecule has 0 spiro atoms. The van der Waals surface area contributed by atoms with E-state index in [2.05, 4.69) is 30.9 Å². The van der Waals surface area contributed by atoms with E-state index < -0.39 is 45.5 Å². The number of hydrogen-bond acceptors (Lipinski definition) is 7. The summed E-state index contributed by atoms with van der Waals surface area (Å²) in [6.07, 6.45) is 4.39. The molecule has 2 saturated heterocycles. The number of likely N-dealkylation sites (tertiary alicyclic amines) is 1. The molecule has 2 N–H and O–H groups in total. The van der Waals surface area contributed by atoms with Crippen LogP contribution in [-0.4, -0.2) is 84.8 Å². The first kappa shape index (κ1) is 44.2. The van der Waals surface area contributed by atoms with Gasteiger partial charge in [-0.05, 0) is 69.4 Å². The van der Waals surface area contributed by atoms with Gasteiger partial charge in [0, 0.05) is 81.8 Å². The van der Waals surface area contributed by atoms with Crippen molar-refractivity contribution in [1.29, 1.82) is 0 Å². The Morgan fingerprint density at radius 1 is 0.980 bits per heavy atom. The number of piperidine rings is 1. The lowest BCUT2D eigenvalue weighted by Gasteiger charge is -2.34. The summed E-state index contributed by atoms with van der Waals surface area (Å²) in [5.41, 5.74) is 3.10. The molecule has 2 atom stereocenters. The van der Waals surface area contributed by atoms with Gasteiger partial charge in [0.1, 0.15) is 11.6 Å². The molecule has 2 aliphatic heterocycles. The number of anilines is 2. The first-order valence-electron chi connectivity index (χ1n) is 16.1. The molecule has 1 aromatic heterocycles. The summed E-state index contributed by atoms with van der Waals surface area (Å²) in [4.78, 5) is 35.3. The van der Waals surface area contributed by atoms with E-state index in [-0.39, 0.29) is 48.7 Å². The fourth-order valence-electron chi connectivity index (χ4n) is 6.47. The van der Waals surface area contributed by atoms with Gasteiger partial charge in [-0.15, -0.1) is 37.2 Å². The van der Waals surface area contributed by atoms with Crippen LogP contribution in [0.1, 0.15) is 56.2 Å². The minimum Gasteiger partial charge on any atom is -0.371 e. The van der Waals surface area contributed by atoms with Crippen molar-refractivity contribution in [2.24, 2.45) is 11.8 Å². The third kappa shape index (κ3) is 10.3. The lowest BCUT2D eigenvalue weighted by molar-refractivity contribution is -0.124. The Bertz CT molecular complexity index is 1780. The number of aryl methyl sites for hydroxylation is 1. The van der Waals surface area contributed by atoms with Crippen molar-refractivity contribution >= 4 is 70.9 Å². The lowest BCUT2D eigenvalue weighted by Crippen LogP contribution is -2.45. The van der Waals surface area contributed by atoms with Crippen LogP contribution in [0.2, 0.25) is 0 Å². The Morgan fingerprint density at radius 3 is 2.25 bits per heavy atom. The predicted octanol–water partition coefficient (Wildman–Crippen LogP) is 5.38. The molecule has 3 heterocycles. The van der Waals surface area contributed by atoms with E-state index in [0.717, 1.165) is 27.2 Å². The van der Waals surface area contributed by atoms with Crippen molar-refractivity contribution in [2.45, 2.75) is 58.5 Å². The average molecular weight is 795 g/mol. The van der Waals surface area contributed by atoms with E-state index in [1.165, 1.54) is 26.2 Å². The number of hydrogen-bond donors (Lipinski definition) is 2. The summed E-state index contributed by atoms with van der Waals surface area (Å²) in [6.45, 7) is 10.5. The standard InChI is InChI=1S/C34H45F2N7O4S.3ClH/c1-22-7-8-24(30(17-22)41-14-11-23(12-15-41)31(44)39-48(46,47)40(5)6)19-42-16-13-37-33(42)38-32(45)28-21-43(34(2,3)4)20-27(28)26-10-9-25(35)18-29(26)36;;;/h7-10,13,16-18,23,27-28H,11-12,14-15,19-21H2,1-6H3,(H,39,44)(H,37,38,45);3*1H/t27-,28+;;;/m0.../s1. The summed E-state index contributed by atoms with van der Waals surface area (Å²) >= 11 is 0. The molecule has 0 radical (unpaired) electrons. The number of nitrogens with zero attached hydrogens (tertiary/aromatic N) is 5. The Morgan fingerprint density at radius 2 is 1.65 bits per heavy atom. The van der Waals surface area contributed by atoms with Crippen LogP contribution in [0.25, 0.3) is 0 Å². The van der Waals surface area contributed by atoms with Gasteiger partial charge in [-0.2, -0.15) is 12.7 Å². The Labute approximate surface area is 317 Å². The maximum absolute atomic E-state index is 15.0. The number of amides is 2. The minimum atomic E-state index is -3.85. The van der Waals surface area contributed by atoms with Crippen molar-refractivity contribution in [2.75, 3.05) is 50.5 Å². The van der Waals surface area contributed by atoms with Crippen LogP contribution >= 0.6 is 37.2 Å². The second-order valence-electron chi connectivity index (χ2n) is 14.0. The summed E-state index contributed by atoms with van der Waals surface area (Å²) < 4.78 is 58.0. The van der Waals surface area contributed by atoms with E-state index in [1.54, 1.807) is 12.4 Å². The summed E-state index contributed by atoms with van der Waals surface area (Å²) in [5.74, 6) is -3.22. The molecule has 17 heteroatoms. The third-order valence-electron chi connectivity index (χ3n) is 9.42. The third-order valence-corrected chi connectivity index (χ3v) is 10.8. The predicted molar refractivity (Wildman–Crippen MR) is 202 cm³/mol. The van der Waals surface area contributed by atoms with Crippen molar-refractivity contribution in [3.05, 3.63) is 77.1 Å². The van der Waals surface area contributed by atoms with Gasteiger partial charge in [-0.25, -0.2) is 18.5 Å². The number of rotatable bonds is 9. The molecule has 0 bridgehead atoms. The van der Waals surface area contributed by atoms with Gasteiger partial charge in [0.15, 0.2) is 0 Å². The van der Waals surface area contributed by atoms with Crippen molar-refractivity contribution in [3.63, 3.8) is 0 Å². The second kappa shape index (κ2) is 17.7. The fraction of sp³-hybridized carbons (Fsp3) is 0.500. The summed E-state index contributed by atoms with van der Waals surface area (Å²) in [7, 11) is -1.11. The molecule has 0 aliphatic carbocycles. The molecule has 51 heavy (non-hydrogen) atoms. The van der Waals surface area contributed by atoms with E-state index >= 15 is 0 Å². The molecule has 3 aromatic rings. The highest BCUT2D eigenvalue weighted by molar-refractivity contribution is 7.87. The SMILES string of the molecule is Cc1ccc(Cn2ccnc2NC(=O)[C@@H]2CN(C(C)(C)C)C[C@H]2c2ccc(F)cc2F)c(N2CCC(C(=O)NS(=O)(=O)N(C)C)CC2)c1.Cl.Cl.Cl. The number of nitrogens with one attached hydrogen (secondary N) is 2. The molecule has 2 aromatic carbocycles. The largest absolute Gasteiger partial charge is 0.371 e. The Hall–Kier alpha value is -3.01. The molecular weight excluding hydrogens is 747 g/mol. The van der Waals surface area contributed by atoms with Crippen LogP contribution in [0.4, 0.5) is 20.4 Å². The molecule has 0 unspecified atom stereocenters. The summed E-state index contributed by atoms with van der Waals surface area (Å²) in [5, 5.41) is 2.99. The topological polar surface area (TPSA) is 120 Å². The van der Waals surface area contributed by atoms with Gasteiger partial charge in [0.2, 0.25) is 17.8 Å². The molecule has 2 fully saturated rings. The average Bonchev–Trinajstić information content (AvgIpc) is 3.65. The minimum absolute atomic E-state index is 0. The maximum atomic E-state index is 15.0. The highest BCUT2D eigenvalue weighted by Crippen LogP contribution is 2.38. The first-order chi connectivity index (χ1) is 22.5. The van der Waals surface area contributed by atoms with E-state index in [4.69, 9.17) is 0 Å². The zero-order chi connectivity index (χ0) is 35.0. The van der Waals surface area contributed by atoms with Crippen LogP contribution in [0.3, 0.4) is 0 Å². The second-order valence-corrected chi connectivity index (χ2v) is 15.9. The van der Waals surface area contributed by atoms with Gasteiger partial charge in [-0.3, -0.25) is 19.8 Å². The number of benzene rings is 2. The number of carbonyl (C=O) groups excluding carboxylic acids is 2. The summed E-state index contributed by atoms with van der Waals surface area (Å²) in [6, 6.07) is 9.66. The molecule has 0 saturated carbocycles. The zero-order valence-corrected chi connectivity index (χ0v) is 32.8. The van der Waals surface area contributed by atoms with Crippen LogP contribution in [0.15, 0.2) is 48.8 Å². The highest BCUT2D eigenvalue weighted by Gasteiger charge is 2.43. The van der Waals surface area contributed by atoms with Gasteiger partial charge >= 0.3 is 10.2 Å². The first-order valence-corrected chi connectivity index (χ1v) is 17.6. The zero-order valence-electron chi connectivity index (χ0n) is 29.6. The Kier molecular flexibility index (Phi) is 15.3. The highest BCUT2D eigenvalue weighted by atomic mass is 35.5. The van der Waals surface area contributed by atoms with Crippen LogP contribution in [-0.2, 0) is 26.3 Å². The van der Waals surface area contributed by atoms with E-state index in [9.17, 15) is 26.8 Å². The number of carbonyl (C=O) groups is 2. The van der Waals surface area contributed by atoms with Crippen molar-refractivity contribution in [3.8, 4) is 0 Å². The number of imidazole rings is 1. The van der Waals surface area contributed by atoms with Crippen molar-refractivity contribution < 1.29 is 26.8 Å². The monoisotopic (exact) mass is 793 g/mol. The van der Waals surface area contributed by atoms with Crippen LogP contribution < -0.4 is 14.9 Å². The molecule has 284 valence electrons. The molecule has 5 rings (SSSR count). The normalized spacial score (nSPS) is 18.4. The van der Waals surface area contributed by atoms with Gasteiger partial charge in [-0.1, -0.05) is 18.2 Å².